The number of carbonyl (C=O) groups is 1. The molecule has 0 saturated heterocycles. The van der Waals surface area contributed by atoms with Crippen molar-refractivity contribution in [2.24, 2.45) is 0 Å². The van der Waals surface area contributed by atoms with Gasteiger partial charge in [-0.15, -0.1) is 0 Å². The van der Waals surface area contributed by atoms with Crippen molar-refractivity contribution >= 4 is 17.1 Å². The molecule has 3 N–H and O–H groups in total. The van der Waals surface area contributed by atoms with E-state index < -0.39 is 5.97 Å². The van der Waals surface area contributed by atoms with Crippen molar-refractivity contribution in [2.75, 3.05) is 33.9 Å². The number of imidazole rings is 1. The van der Waals surface area contributed by atoms with E-state index >= 15 is 0 Å². The van der Waals surface area contributed by atoms with E-state index in [0.717, 1.165) is 23.2 Å². The Morgan fingerprint density at radius 1 is 1.08 bits per heavy atom. The molecule has 0 amide bonds. The molecular weight excluding hydrogens is 462 g/mol. The van der Waals surface area contributed by atoms with Gasteiger partial charge in [0.2, 0.25) is 0 Å². The number of carboxylic acids is 1. The predicted molar refractivity (Wildman–Crippen MR) is 137 cm³/mol. The second kappa shape index (κ2) is 11.0. The van der Waals surface area contributed by atoms with Crippen molar-refractivity contribution in [3.8, 4) is 34.0 Å². The van der Waals surface area contributed by atoms with E-state index in [1.807, 2.05) is 62.3 Å². The Hall–Kier alpha value is -4.18. The molecule has 188 valence electrons. The molecule has 0 unspecified atom stereocenters. The number of aryl methyl sites for hydroxylation is 1. The fourth-order valence-corrected chi connectivity index (χ4v) is 3.80. The summed E-state index contributed by atoms with van der Waals surface area (Å²) in [6, 6.07) is 11.3. The maximum Gasteiger partial charge on any atom is 0.303 e. The standard InChI is InChI=1S/C26H29N5O5/c1-4-35-21-14-17(7-8-18(21)24-29-25-23(26(34)30-24)27-15-28-25)19-13-16(6-10-22(32)33)5-9-20(19)36-12-11-31(2)3/h5,7-9,13-15H,4,6,10-12H2,1-3H3,(H,32,33)(H2,27,28,29,30,34). The second-order valence-corrected chi connectivity index (χ2v) is 8.54. The minimum Gasteiger partial charge on any atom is -0.493 e. The molecule has 2 aromatic carbocycles. The molecule has 0 saturated carbocycles. The van der Waals surface area contributed by atoms with Crippen LogP contribution in [0, 0.1) is 0 Å². The SMILES string of the molecule is CCOc1cc(-c2cc(CCC(=O)O)ccc2OCCN(C)C)ccc1-c1nc2nc[nH]c2c(=O)[nH]1. The van der Waals surface area contributed by atoms with Crippen molar-refractivity contribution in [1.29, 1.82) is 0 Å². The van der Waals surface area contributed by atoms with Gasteiger partial charge in [-0.05, 0) is 62.8 Å². The largest absolute Gasteiger partial charge is 0.493 e. The molecule has 10 heteroatoms. The molecule has 0 aliphatic heterocycles. The topological polar surface area (TPSA) is 133 Å². The summed E-state index contributed by atoms with van der Waals surface area (Å²) in [7, 11) is 3.95. The number of carboxylic acid groups (broad SMARTS) is 1. The Labute approximate surface area is 207 Å². The van der Waals surface area contributed by atoms with Gasteiger partial charge in [0.25, 0.3) is 5.56 Å². The summed E-state index contributed by atoms with van der Waals surface area (Å²) < 4.78 is 12.0. The minimum atomic E-state index is -0.846. The number of benzene rings is 2. The number of hydrogen-bond donors (Lipinski definition) is 3. The van der Waals surface area contributed by atoms with E-state index in [-0.39, 0.29) is 12.0 Å². The van der Waals surface area contributed by atoms with E-state index in [9.17, 15) is 9.59 Å². The first-order chi connectivity index (χ1) is 17.4. The minimum absolute atomic E-state index is 0.0398. The quantitative estimate of drug-likeness (QED) is 0.291. The van der Waals surface area contributed by atoms with E-state index in [1.54, 1.807) is 0 Å². The van der Waals surface area contributed by atoms with Crippen LogP contribution in [-0.4, -0.2) is 69.8 Å². The zero-order chi connectivity index (χ0) is 25.7. The van der Waals surface area contributed by atoms with E-state index in [0.29, 0.717) is 53.7 Å². The molecule has 2 aromatic heterocycles. The van der Waals surface area contributed by atoms with Crippen LogP contribution in [0.2, 0.25) is 0 Å². The lowest BCUT2D eigenvalue weighted by Gasteiger charge is -2.17. The molecule has 36 heavy (non-hydrogen) atoms. The predicted octanol–water partition coefficient (Wildman–Crippen LogP) is 3.34. The number of aromatic nitrogens is 4. The summed E-state index contributed by atoms with van der Waals surface area (Å²) in [5.41, 5.74) is 3.50. The summed E-state index contributed by atoms with van der Waals surface area (Å²) in [4.78, 5) is 39.8. The third-order valence-corrected chi connectivity index (χ3v) is 5.61. The van der Waals surface area contributed by atoms with Crippen LogP contribution in [-0.2, 0) is 11.2 Å². The number of nitrogens with zero attached hydrogens (tertiary/aromatic N) is 3. The average molecular weight is 492 g/mol. The maximum absolute atomic E-state index is 12.5. The van der Waals surface area contributed by atoms with Crippen LogP contribution < -0.4 is 15.0 Å². The van der Waals surface area contributed by atoms with Crippen LogP contribution in [0.5, 0.6) is 11.5 Å². The Balaban J connectivity index is 1.76. The highest BCUT2D eigenvalue weighted by Crippen LogP contribution is 2.37. The first-order valence-corrected chi connectivity index (χ1v) is 11.7. The molecule has 0 radical (unpaired) electrons. The van der Waals surface area contributed by atoms with Crippen molar-refractivity contribution in [3.05, 3.63) is 58.6 Å². The molecule has 0 aliphatic carbocycles. The van der Waals surface area contributed by atoms with Crippen LogP contribution in [0.1, 0.15) is 18.9 Å². The summed E-state index contributed by atoms with van der Waals surface area (Å²) in [6.45, 7) is 3.54. The molecular formula is C26H29N5O5. The van der Waals surface area contributed by atoms with Gasteiger partial charge < -0.3 is 29.4 Å². The number of hydrogen-bond acceptors (Lipinski definition) is 7. The highest BCUT2D eigenvalue weighted by Gasteiger charge is 2.16. The fourth-order valence-electron chi connectivity index (χ4n) is 3.80. The summed E-state index contributed by atoms with van der Waals surface area (Å²) in [5, 5.41) is 9.11. The van der Waals surface area contributed by atoms with Crippen LogP contribution in [0.25, 0.3) is 33.7 Å². The smallest absolute Gasteiger partial charge is 0.303 e. The van der Waals surface area contributed by atoms with Crippen molar-refractivity contribution in [3.63, 3.8) is 0 Å². The molecule has 0 spiro atoms. The molecule has 4 aromatic rings. The van der Waals surface area contributed by atoms with Gasteiger partial charge in [-0.1, -0.05) is 12.1 Å². The van der Waals surface area contributed by atoms with Gasteiger partial charge in [0.15, 0.2) is 11.2 Å². The summed E-state index contributed by atoms with van der Waals surface area (Å²) in [6.07, 6.45) is 1.88. The molecule has 0 fully saturated rings. The van der Waals surface area contributed by atoms with E-state index in [4.69, 9.17) is 14.6 Å². The van der Waals surface area contributed by atoms with E-state index in [1.165, 1.54) is 6.33 Å². The Kier molecular flexibility index (Phi) is 7.65. The molecule has 4 rings (SSSR count). The maximum atomic E-state index is 12.5. The number of ether oxygens (including phenoxy) is 2. The van der Waals surface area contributed by atoms with Gasteiger partial charge in [0, 0.05) is 18.5 Å². The third-order valence-electron chi connectivity index (χ3n) is 5.61. The number of H-pyrrole nitrogens is 2. The lowest BCUT2D eigenvalue weighted by Crippen LogP contribution is -2.19. The van der Waals surface area contributed by atoms with Gasteiger partial charge >= 0.3 is 5.97 Å². The van der Waals surface area contributed by atoms with Crippen LogP contribution in [0.4, 0.5) is 0 Å². The Morgan fingerprint density at radius 3 is 2.67 bits per heavy atom. The lowest BCUT2D eigenvalue weighted by molar-refractivity contribution is -0.136. The van der Waals surface area contributed by atoms with Crippen LogP contribution in [0.15, 0.2) is 47.5 Å². The first-order valence-electron chi connectivity index (χ1n) is 11.7. The normalized spacial score (nSPS) is 11.2. The number of aliphatic carboxylic acids is 1. The average Bonchev–Trinajstić information content (AvgIpc) is 3.33. The van der Waals surface area contributed by atoms with Gasteiger partial charge in [-0.3, -0.25) is 9.59 Å². The Morgan fingerprint density at radius 2 is 1.92 bits per heavy atom. The Bertz CT molecular complexity index is 1430. The zero-order valence-corrected chi connectivity index (χ0v) is 20.5. The number of fused-ring (bicyclic) bond motifs is 1. The van der Waals surface area contributed by atoms with Crippen molar-refractivity contribution in [2.45, 2.75) is 19.8 Å². The number of nitrogens with one attached hydrogen (secondary N) is 2. The monoisotopic (exact) mass is 491 g/mol. The molecule has 2 heterocycles. The summed E-state index contributed by atoms with van der Waals surface area (Å²) >= 11 is 0. The molecule has 10 nitrogen and oxygen atoms in total. The summed E-state index contributed by atoms with van der Waals surface area (Å²) in [5.74, 6) is 0.743. The van der Waals surface area contributed by atoms with Gasteiger partial charge in [0.05, 0.1) is 18.5 Å². The third kappa shape index (κ3) is 5.72. The molecule has 0 atom stereocenters. The fraction of sp³-hybridized carbons (Fsp3) is 0.308. The number of likely N-dealkylation sites (N-methyl/N-ethyl adjacent to an activating group) is 1. The lowest BCUT2D eigenvalue weighted by atomic mass is 9.98. The van der Waals surface area contributed by atoms with Gasteiger partial charge in [-0.25, -0.2) is 9.97 Å². The zero-order valence-electron chi connectivity index (χ0n) is 20.5. The molecule has 0 bridgehead atoms. The van der Waals surface area contributed by atoms with Crippen LogP contribution in [0.3, 0.4) is 0 Å². The van der Waals surface area contributed by atoms with Crippen LogP contribution >= 0.6 is 0 Å². The van der Waals surface area contributed by atoms with Crippen molar-refractivity contribution in [1.82, 2.24) is 24.8 Å². The highest BCUT2D eigenvalue weighted by molar-refractivity contribution is 5.79. The van der Waals surface area contributed by atoms with Gasteiger partial charge in [-0.2, -0.15) is 0 Å². The number of aromatic amines is 2. The van der Waals surface area contributed by atoms with E-state index in [2.05, 4.69) is 19.9 Å². The first kappa shape index (κ1) is 24.9. The van der Waals surface area contributed by atoms with Gasteiger partial charge in [0.1, 0.15) is 23.9 Å². The number of rotatable bonds is 11. The highest BCUT2D eigenvalue weighted by atomic mass is 16.5. The van der Waals surface area contributed by atoms with Crippen molar-refractivity contribution < 1.29 is 19.4 Å². The second-order valence-electron chi connectivity index (χ2n) is 8.54. The molecule has 0 aliphatic rings.